The zero-order valence-electron chi connectivity index (χ0n) is 36.1. The molecule has 1 unspecified atom stereocenters. The lowest BCUT2D eigenvalue weighted by atomic mass is 9.82. The van der Waals surface area contributed by atoms with Crippen molar-refractivity contribution >= 4 is 63.6 Å². The van der Waals surface area contributed by atoms with E-state index in [1.54, 1.807) is 22.9 Å². The van der Waals surface area contributed by atoms with Crippen LogP contribution < -0.4 is 31.1 Å². The Balaban J connectivity index is 0.749. The van der Waals surface area contributed by atoms with Crippen LogP contribution >= 0.6 is 11.6 Å². The van der Waals surface area contributed by atoms with Gasteiger partial charge in [0.25, 0.3) is 17.4 Å². The van der Waals surface area contributed by atoms with Gasteiger partial charge in [0, 0.05) is 74.3 Å². The number of ether oxygens (including phenoxy) is 2. The smallest absolute Gasteiger partial charge is 0.293 e. The highest BCUT2D eigenvalue weighted by molar-refractivity contribution is 6.33. The van der Waals surface area contributed by atoms with Crippen LogP contribution in [0.15, 0.2) is 53.5 Å². The van der Waals surface area contributed by atoms with Crippen LogP contribution in [0.3, 0.4) is 0 Å². The van der Waals surface area contributed by atoms with Gasteiger partial charge in [0.05, 0.1) is 23.9 Å². The second kappa shape index (κ2) is 18.1. The molecule has 2 aromatic heterocycles. The maximum atomic E-state index is 15.9. The Morgan fingerprint density at radius 3 is 2.53 bits per heavy atom. The Labute approximate surface area is 374 Å². The summed E-state index contributed by atoms with van der Waals surface area (Å²) in [5, 5.41) is 9.25. The Bertz CT molecular complexity index is 2540. The molecule has 4 amide bonds. The molecular formula is C46H53ClFN9O7. The molecule has 1 aliphatic carbocycles. The molecule has 0 radical (unpaired) electrons. The van der Waals surface area contributed by atoms with E-state index >= 15 is 4.39 Å². The van der Waals surface area contributed by atoms with Crippen molar-refractivity contribution < 1.29 is 33.0 Å². The van der Waals surface area contributed by atoms with Crippen molar-refractivity contribution in [1.29, 1.82) is 0 Å². The summed E-state index contributed by atoms with van der Waals surface area (Å²) in [7, 11) is 1.51. The van der Waals surface area contributed by atoms with Crippen molar-refractivity contribution in [3.05, 3.63) is 80.7 Å². The number of rotatable bonds is 12. The SMILES string of the molecule is CNC(=O)COc1cc2cc(Nc3nc(N4CCC(OC5CC(N6CC[C@H](c7ccc8c(c7)CN(C7CCC(=O)NC7=O)C8=O)[C@@H](F)C6)C5)CC4)ncc3Cl)ccc2n(C(C)C)c1=O. The molecule has 1 saturated carbocycles. The first-order chi connectivity index (χ1) is 30.8. The number of halogens is 2. The molecule has 4 fully saturated rings. The number of pyridine rings is 1. The van der Waals surface area contributed by atoms with Crippen LogP contribution in [0.5, 0.6) is 5.75 Å². The number of hydrogen-bond acceptors (Lipinski definition) is 12. The number of hydrogen-bond donors (Lipinski definition) is 3. The Hall–Kier alpha value is -5.65. The van der Waals surface area contributed by atoms with Gasteiger partial charge in [0.1, 0.15) is 17.2 Å². The Morgan fingerprint density at radius 1 is 1.00 bits per heavy atom. The molecule has 16 nitrogen and oxygen atoms in total. The number of imide groups is 1. The van der Waals surface area contributed by atoms with E-state index in [9.17, 15) is 24.0 Å². The summed E-state index contributed by atoms with van der Waals surface area (Å²) < 4.78 is 29.7. The van der Waals surface area contributed by atoms with Crippen LogP contribution in [0.25, 0.3) is 10.9 Å². The zero-order valence-corrected chi connectivity index (χ0v) is 36.9. The number of nitrogens with one attached hydrogen (secondary N) is 3. The summed E-state index contributed by atoms with van der Waals surface area (Å²) in [6.45, 7) is 6.40. The van der Waals surface area contributed by atoms with E-state index in [1.165, 1.54) is 11.9 Å². The number of anilines is 3. The summed E-state index contributed by atoms with van der Waals surface area (Å²) in [5.41, 5.74) is 3.33. The molecule has 3 saturated heterocycles. The number of carbonyl (C=O) groups is 4. The van der Waals surface area contributed by atoms with Crippen molar-refractivity contribution in [2.75, 3.05) is 50.1 Å². The summed E-state index contributed by atoms with van der Waals surface area (Å²) in [6.07, 6.45) is 5.35. The fraction of sp³-hybridized carbons (Fsp3) is 0.500. The molecule has 4 aliphatic heterocycles. The van der Waals surface area contributed by atoms with Crippen LogP contribution in [0.1, 0.15) is 92.2 Å². The minimum atomic E-state index is -1.04. The van der Waals surface area contributed by atoms with Gasteiger partial charge in [0.15, 0.2) is 18.2 Å². The normalized spacial score (nSPS) is 24.2. The third-order valence-corrected chi connectivity index (χ3v) is 13.7. The Morgan fingerprint density at radius 2 is 1.80 bits per heavy atom. The predicted octanol–water partition coefficient (Wildman–Crippen LogP) is 5.00. The number of nitrogens with zero attached hydrogens (tertiary/aromatic N) is 6. The minimum Gasteiger partial charge on any atom is -0.478 e. The summed E-state index contributed by atoms with van der Waals surface area (Å²) in [6, 6.07) is 12.3. The van der Waals surface area contributed by atoms with Crippen LogP contribution in [0.4, 0.5) is 21.8 Å². The quantitative estimate of drug-likeness (QED) is 0.162. The lowest BCUT2D eigenvalue weighted by Gasteiger charge is -2.47. The van der Waals surface area contributed by atoms with Gasteiger partial charge in [-0.05, 0) is 100 Å². The second-order valence-corrected chi connectivity index (χ2v) is 18.2. The molecular weight excluding hydrogens is 845 g/mol. The zero-order chi connectivity index (χ0) is 44.8. The molecule has 3 atom stereocenters. The first-order valence-electron chi connectivity index (χ1n) is 22.2. The molecule has 0 bridgehead atoms. The number of amides is 4. The fourth-order valence-electron chi connectivity index (χ4n) is 9.84. The number of benzene rings is 2. The van der Waals surface area contributed by atoms with Crippen molar-refractivity contribution in [3.63, 3.8) is 0 Å². The van der Waals surface area contributed by atoms with E-state index in [-0.39, 0.29) is 78.8 Å². The molecule has 4 aromatic rings. The monoisotopic (exact) mass is 897 g/mol. The highest BCUT2D eigenvalue weighted by atomic mass is 35.5. The number of alkyl halides is 1. The fourth-order valence-corrected chi connectivity index (χ4v) is 9.97. The first-order valence-corrected chi connectivity index (χ1v) is 22.6. The first kappa shape index (κ1) is 43.6. The van der Waals surface area contributed by atoms with Crippen molar-refractivity contribution in [2.24, 2.45) is 0 Å². The van der Waals surface area contributed by atoms with Crippen LogP contribution in [0, 0.1) is 0 Å². The molecule has 18 heteroatoms. The average Bonchev–Trinajstić information content (AvgIpc) is 3.59. The number of likely N-dealkylation sites (tertiary alicyclic amines) is 1. The maximum absolute atomic E-state index is 15.9. The predicted molar refractivity (Wildman–Crippen MR) is 238 cm³/mol. The lowest BCUT2D eigenvalue weighted by Crippen LogP contribution is -2.54. The molecule has 0 spiro atoms. The van der Waals surface area contributed by atoms with E-state index in [4.69, 9.17) is 26.1 Å². The molecule has 5 aliphatic rings. The molecule has 64 heavy (non-hydrogen) atoms. The number of fused-ring (bicyclic) bond motifs is 2. The van der Waals surface area contributed by atoms with E-state index < -0.39 is 18.1 Å². The third-order valence-electron chi connectivity index (χ3n) is 13.4. The number of aromatic nitrogens is 3. The van der Waals surface area contributed by atoms with Crippen molar-refractivity contribution in [3.8, 4) is 5.75 Å². The van der Waals surface area contributed by atoms with Gasteiger partial charge in [-0.15, -0.1) is 0 Å². The molecule has 2 aromatic carbocycles. The Kier molecular flexibility index (Phi) is 12.3. The maximum Gasteiger partial charge on any atom is 0.293 e. The summed E-state index contributed by atoms with van der Waals surface area (Å²) in [5.74, 6) is -0.513. The van der Waals surface area contributed by atoms with Crippen molar-refractivity contribution in [2.45, 2.75) is 108 Å². The lowest BCUT2D eigenvalue weighted by molar-refractivity contribution is -0.137. The largest absolute Gasteiger partial charge is 0.478 e. The number of carbonyl (C=O) groups excluding carboxylic acids is 4. The topological polar surface area (TPSA) is 180 Å². The van der Waals surface area contributed by atoms with Crippen LogP contribution in [-0.4, -0.2) is 118 Å². The van der Waals surface area contributed by atoms with Gasteiger partial charge >= 0.3 is 0 Å². The number of likely N-dealkylation sites (N-methyl/N-ethyl adjacent to an activating group) is 1. The molecule has 338 valence electrons. The summed E-state index contributed by atoms with van der Waals surface area (Å²) in [4.78, 5) is 77.6. The van der Waals surface area contributed by atoms with Crippen LogP contribution in [-0.2, 0) is 25.7 Å². The molecule has 6 heterocycles. The van der Waals surface area contributed by atoms with Gasteiger partial charge in [0.2, 0.25) is 17.8 Å². The van der Waals surface area contributed by atoms with Crippen LogP contribution in [0.2, 0.25) is 5.02 Å². The standard InChI is InChI=1S/C46H53ClFN9O7/c1-25(2)57-37-7-5-29(17-27(37)18-39(45(57)62)63-24-41(59)49-3)51-42-35(47)21-50-46(53-42)54-13-10-31(11-14-54)64-32-19-30(20-32)55-15-12-33(36(48)23-55)26-4-6-34-28(16-26)22-56(44(34)61)38-8-9-40(58)52-43(38)60/h4-7,16-18,21,25,30-33,36,38H,8-15,19-20,22-24H2,1-3H3,(H,49,59)(H,50,51,53)(H,52,58,60)/t30?,32?,33-,36+,38?/m1/s1. The molecule has 3 N–H and O–H groups in total. The van der Waals surface area contributed by atoms with Gasteiger partial charge in [-0.1, -0.05) is 23.7 Å². The van der Waals surface area contributed by atoms with E-state index in [1.807, 2.05) is 44.2 Å². The van der Waals surface area contributed by atoms with E-state index in [2.05, 4.69) is 30.7 Å². The molecule has 9 rings (SSSR count). The number of piperidine rings is 3. The van der Waals surface area contributed by atoms with Crippen molar-refractivity contribution in [1.82, 2.24) is 35.0 Å². The highest BCUT2D eigenvalue weighted by Crippen LogP contribution is 2.39. The minimum absolute atomic E-state index is 0.0815. The van der Waals surface area contributed by atoms with Gasteiger partial charge in [-0.2, -0.15) is 4.98 Å². The second-order valence-electron chi connectivity index (χ2n) is 17.8. The van der Waals surface area contributed by atoms with Gasteiger partial charge in [-0.25, -0.2) is 9.37 Å². The third kappa shape index (κ3) is 8.76. The summed E-state index contributed by atoms with van der Waals surface area (Å²) >= 11 is 6.59. The van der Waals surface area contributed by atoms with Gasteiger partial charge in [-0.3, -0.25) is 34.2 Å². The van der Waals surface area contributed by atoms with E-state index in [0.717, 1.165) is 54.3 Å². The van der Waals surface area contributed by atoms with Gasteiger partial charge < -0.3 is 34.5 Å². The highest BCUT2D eigenvalue weighted by Gasteiger charge is 2.42. The van der Waals surface area contributed by atoms with E-state index in [0.29, 0.717) is 60.5 Å². The average molecular weight is 898 g/mol.